The molecule has 1 aliphatic carbocycles. The number of fused-ring (bicyclic) bond motifs is 1. The molecule has 0 spiro atoms. The molecule has 5 heteroatoms. The number of ether oxygens (including phenoxy) is 3. The molecule has 0 radical (unpaired) electrons. The van der Waals surface area contributed by atoms with Crippen LogP contribution in [0, 0.1) is 11.3 Å². The van der Waals surface area contributed by atoms with Crippen molar-refractivity contribution in [1.29, 1.82) is 0 Å². The molecule has 3 atom stereocenters. The summed E-state index contributed by atoms with van der Waals surface area (Å²) in [7, 11) is 2.85. The van der Waals surface area contributed by atoms with Gasteiger partial charge < -0.3 is 14.2 Å². The van der Waals surface area contributed by atoms with E-state index >= 15 is 0 Å². The molecule has 120 valence electrons. The fourth-order valence-electron chi connectivity index (χ4n) is 3.46. The van der Waals surface area contributed by atoms with E-state index in [0.29, 0.717) is 24.0 Å². The molecule has 2 aliphatic rings. The molecular weight excluding hydrogens is 284 g/mol. The zero-order chi connectivity index (χ0) is 16.7. The van der Waals surface area contributed by atoms with Gasteiger partial charge in [0.15, 0.2) is 0 Å². The molecule has 0 unspecified atom stereocenters. The highest BCUT2D eigenvalue weighted by atomic mass is 16.7. The van der Waals surface area contributed by atoms with Gasteiger partial charge in [-0.15, -0.1) is 6.58 Å². The van der Waals surface area contributed by atoms with E-state index in [4.69, 9.17) is 14.2 Å². The molecule has 1 aliphatic heterocycles. The van der Waals surface area contributed by atoms with Gasteiger partial charge in [0.2, 0.25) is 5.79 Å². The molecule has 5 nitrogen and oxygen atoms in total. The van der Waals surface area contributed by atoms with E-state index in [1.165, 1.54) is 14.2 Å². The van der Waals surface area contributed by atoms with Gasteiger partial charge in [0, 0.05) is 36.2 Å². The molecule has 2 rings (SSSR count). The quantitative estimate of drug-likeness (QED) is 0.454. The molecule has 0 saturated heterocycles. The monoisotopic (exact) mass is 306 g/mol. The summed E-state index contributed by atoms with van der Waals surface area (Å²) in [6.07, 6.45) is 2.60. The maximum absolute atomic E-state index is 12.0. The van der Waals surface area contributed by atoms with Crippen molar-refractivity contribution in [3.8, 4) is 0 Å². The van der Waals surface area contributed by atoms with Gasteiger partial charge in [-0.1, -0.05) is 19.6 Å². The van der Waals surface area contributed by atoms with Crippen LogP contribution in [0.15, 0.2) is 36.0 Å². The van der Waals surface area contributed by atoms with Crippen molar-refractivity contribution in [2.75, 3.05) is 14.2 Å². The number of carbonyl (C=O) groups is 2. The first-order valence-corrected chi connectivity index (χ1v) is 7.14. The van der Waals surface area contributed by atoms with Crippen LogP contribution in [0.25, 0.3) is 0 Å². The molecule has 1 saturated carbocycles. The molecule has 0 N–H and O–H groups in total. The van der Waals surface area contributed by atoms with E-state index in [1.54, 1.807) is 13.0 Å². The SMILES string of the molecule is C=C[C@@]1(C)C[C@@]2(OC)OC(=O)C(C)=C2C[C@@H]1C(=C)C(=O)OC. The Hall–Kier alpha value is -1.88. The number of rotatable bonds is 4. The van der Waals surface area contributed by atoms with Crippen molar-refractivity contribution in [1.82, 2.24) is 0 Å². The zero-order valence-corrected chi connectivity index (χ0v) is 13.5. The fraction of sp³-hybridized carbons (Fsp3) is 0.529. The van der Waals surface area contributed by atoms with E-state index in [9.17, 15) is 9.59 Å². The Morgan fingerprint density at radius 1 is 1.45 bits per heavy atom. The highest BCUT2D eigenvalue weighted by Gasteiger charge is 2.57. The third-order valence-electron chi connectivity index (χ3n) is 4.96. The van der Waals surface area contributed by atoms with Crippen LogP contribution in [-0.4, -0.2) is 31.9 Å². The van der Waals surface area contributed by atoms with Gasteiger partial charge in [-0.3, -0.25) is 0 Å². The normalized spacial score (nSPS) is 34.0. The Labute approximate surface area is 130 Å². The first-order valence-electron chi connectivity index (χ1n) is 7.14. The van der Waals surface area contributed by atoms with Gasteiger partial charge in [0.1, 0.15) is 0 Å². The topological polar surface area (TPSA) is 61.8 Å². The summed E-state index contributed by atoms with van der Waals surface area (Å²) in [4.78, 5) is 23.9. The number of hydrogen-bond donors (Lipinski definition) is 0. The van der Waals surface area contributed by atoms with Gasteiger partial charge in [-0.05, 0) is 18.8 Å². The van der Waals surface area contributed by atoms with Crippen molar-refractivity contribution in [3.63, 3.8) is 0 Å². The van der Waals surface area contributed by atoms with Crippen LogP contribution in [0.3, 0.4) is 0 Å². The first-order chi connectivity index (χ1) is 10.2. The molecule has 0 aromatic heterocycles. The lowest BCUT2D eigenvalue weighted by atomic mass is 9.61. The van der Waals surface area contributed by atoms with Gasteiger partial charge >= 0.3 is 11.9 Å². The van der Waals surface area contributed by atoms with Crippen LogP contribution in [0.2, 0.25) is 0 Å². The smallest absolute Gasteiger partial charge is 0.336 e. The minimum Gasteiger partial charge on any atom is -0.466 e. The maximum Gasteiger partial charge on any atom is 0.336 e. The van der Waals surface area contributed by atoms with E-state index in [0.717, 1.165) is 5.57 Å². The molecule has 1 fully saturated rings. The second-order valence-corrected chi connectivity index (χ2v) is 6.11. The van der Waals surface area contributed by atoms with E-state index in [1.807, 2.05) is 6.92 Å². The fourth-order valence-corrected chi connectivity index (χ4v) is 3.46. The van der Waals surface area contributed by atoms with Crippen LogP contribution in [0.5, 0.6) is 0 Å². The number of allylic oxidation sites excluding steroid dienone is 1. The predicted molar refractivity (Wildman–Crippen MR) is 80.7 cm³/mol. The summed E-state index contributed by atoms with van der Waals surface area (Å²) < 4.78 is 15.9. The first kappa shape index (κ1) is 16.5. The third kappa shape index (κ3) is 2.20. The van der Waals surface area contributed by atoms with Crippen LogP contribution < -0.4 is 0 Å². The average Bonchev–Trinajstić information content (AvgIpc) is 2.75. The number of esters is 2. The summed E-state index contributed by atoms with van der Waals surface area (Å²) in [5.74, 6) is -2.13. The summed E-state index contributed by atoms with van der Waals surface area (Å²) >= 11 is 0. The van der Waals surface area contributed by atoms with Crippen molar-refractivity contribution in [3.05, 3.63) is 36.0 Å². The highest BCUT2D eigenvalue weighted by Crippen LogP contribution is 2.55. The molecule has 1 heterocycles. The minimum atomic E-state index is -1.07. The molecule has 0 aromatic rings. The van der Waals surface area contributed by atoms with Crippen molar-refractivity contribution < 1.29 is 23.8 Å². The number of hydrogen-bond acceptors (Lipinski definition) is 5. The Bertz CT molecular complexity index is 588. The van der Waals surface area contributed by atoms with Crippen molar-refractivity contribution >= 4 is 11.9 Å². The van der Waals surface area contributed by atoms with Gasteiger partial charge in [-0.25, -0.2) is 9.59 Å². The van der Waals surface area contributed by atoms with E-state index in [-0.39, 0.29) is 11.9 Å². The van der Waals surface area contributed by atoms with Crippen molar-refractivity contribution in [2.24, 2.45) is 11.3 Å². The van der Waals surface area contributed by atoms with Crippen LogP contribution >= 0.6 is 0 Å². The summed E-state index contributed by atoms with van der Waals surface area (Å²) in [6, 6.07) is 0. The molecular formula is C17H22O5. The average molecular weight is 306 g/mol. The third-order valence-corrected chi connectivity index (χ3v) is 4.96. The molecule has 0 bridgehead atoms. The van der Waals surface area contributed by atoms with Crippen LogP contribution in [-0.2, 0) is 23.8 Å². The second-order valence-electron chi connectivity index (χ2n) is 6.11. The summed E-state index contributed by atoms with van der Waals surface area (Å²) in [6.45, 7) is 11.4. The molecule has 22 heavy (non-hydrogen) atoms. The largest absolute Gasteiger partial charge is 0.466 e. The molecule has 0 aromatic carbocycles. The number of carbonyl (C=O) groups excluding carboxylic acids is 2. The lowest BCUT2D eigenvalue weighted by Crippen LogP contribution is -2.48. The summed E-state index contributed by atoms with van der Waals surface area (Å²) in [5, 5.41) is 0. The van der Waals surface area contributed by atoms with Gasteiger partial charge in [0.05, 0.1) is 7.11 Å². The molecule has 0 amide bonds. The maximum atomic E-state index is 12.0. The summed E-state index contributed by atoms with van der Waals surface area (Å²) in [5.41, 5.74) is 1.18. The number of methoxy groups -OCH3 is 2. The zero-order valence-electron chi connectivity index (χ0n) is 13.5. The van der Waals surface area contributed by atoms with Gasteiger partial charge in [-0.2, -0.15) is 0 Å². The second kappa shape index (κ2) is 5.39. The van der Waals surface area contributed by atoms with Crippen LogP contribution in [0.1, 0.15) is 26.7 Å². The van der Waals surface area contributed by atoms with E-state index < -0.39 is 17.2 Å². The Morgan fingerprint density at radius 2 is 2.09 bits per heavy atom. The highest BCUT2D eigenvalue weighted by molar-refractivity contribution is 5.93. The standard InChI is InChI=1S/C17H22O5/c1-7-16(4)9-17(21-6)13(11(3)15(19)22-17)8-12(16)10(2)14(18)20-5/h7,12H,1-2,8-9H2,3-6H3/t12-,16+,17-/m1/s1. The van der Waals surface area contributed by atoms with Crippen LogP contribution in [0.4, 0.5) is 0 Å². The Morgan fingerprint density at radius 3 is 2.59 bits per heavy atom. The van der Waals surface area contributed by atoms with Gasteiger partial charge in [0.25, 0.3) is 0 Å². The van der Waals surface area contributed by atoms with E-state index in [2.05, 4.69) is 13.2 Å². The van der Waals surface area contributed by atoms with Crippen molar-refractivity contribution in [2.45, 2.75) is 32.5 Å². The lowest BCUT2D eigenvalue weighted by molar-refractivity contribution is -0.210. The lowest BCUT2D eigenvalue weighted by Gasteiger charge is -2.47. The predicted octanol–water partition coefficient (Wildman–Crippen LogP) is 2.53. The minimum absolute atomic E-state index is 0.222. The Kier molecular flexibility index (Phi) is 4.04. The Balaban J connectivity index is 2.50.